The molecule has 0 fully saturated rings. The Morgan fingerprint density at radius 2 is 2.17 bits per heavy atom. The van der Waals surface area contributed by atoms with Crippen molar-refractivity contribution >= 4 is 15.7 Å². The highest BCUT2D eigenvalue weighted by Gasteiger charge is 2.02. The molecule has 0 bridgehead atoms. The van der Waals surface area contributed by atoms with E-state index in [4.69, 9.17) is 0 Å². The number of hydrogen-bond donors (Lipinski definition) is 1. The Kier molecular flexibility index (Phi) is 2.38. The second kappa shape index (κ2) is 3.15. The Labute approximate surface area is 72.5 Å². The Bertz CT molecular complexity index is 370. The number of benzene rings is 1. The first-order valence-corrected chi connectivity index (χ1v) is 5.33. The third kappa shape index (κ3) is 2.54. The molecule has 0 aliphatic heterocycles. The molecule has 0 aliphatic rings. The zero-order valence-corrected chi connectivity index (χ0v) is 7.77. The second-order valence-electron chi connectivity index (χ2n) is 2.58. The van der Waals surface area contributed by atoms with Gasteiger partial charge in [-0.05, 0) is 24.6 Å². The maximum Gasteiger partial charge on any atom is 0.229 e. The molecule has 1 N–H and O–H groups in total. The van der Waals surface area contributed by atoms with E-state index in [1.165, 1.54) is 0 Å². The van der Waals surface area contributed by atoms with Gasteiger partial charge in [0, 0.05) is 0 Å². The van der Waals surface area contributed by atoms with Crippen LogP contribution in [0.4, 0.5) is 5.69 Å². The molecule has 0 amide bonds. The van der Waals surface area contributed by atoms with Crippen molar-refractivity contribution in [3.05, 3.63) is 29.8 Å². The number of hydrogen-bond acceptors (Lipinski definition) is 2. The molecule has 1 aromatic rings. The van der Waals surface area contributed by atoms with Crippen molar-refractivity contribution in [2.45, 2.75) is 6.92 Å². The van der Waals surface area contributed by atoms with Gasteiger partial charge in [0.05, 0.1) is 11.9 Å². The molecule has 0 unspecified atom stereocenters. The van der Waals surface area contributed by atoms with E-state index in [0.717, 1.165) is 11.8 Å². The summed E-state index contributed by atoms with van der Waals surface area (Å²) >= 11 is 0. The van der Waals surface area contributed by atoms with E-state index in [-0.39, 0.29) is 0 Å². The summed E-state index contributed by atoms with van der Waals surface area (Å²) in [6, 6.07) is 8.07. The van der Waals surface area contributed by atoms with Gasteiger partial charge in [-0.1, -0.05) is 12.1 Å². The van der Waals surface area contributed by atoms with E-state index >= 15 is 0 Å². The van der Waals surface area contributed by atoms with Gasteiger partial charge in [0.1, 0.15) is 0 Å². The lowest BCUT2D eigenvalue weighted by Crippen LogP contribution is -2.10. The standard InChI is InChI=1S/C8H10NO2S/c1-7-5-3-4-6-8(7)9-12(2,10)11/h3-4,6,9H,1-2H3. The fourth-order valence-corrected chi connectivity index (χ4v) is 1.45. The predicted octanol–water partition coefficient (Wildman–Crippen LogP) is 1.17. The summed E-state index contributed by atoms with van der Waals surface area (Å²) in [7, 11) is -3.17. The maximum absolute atomic E-state index is 10.8. The minimum absolute atomic E-state index is 0.583. The van der Waals surface area contributed by atoms with Gasteiger partial charge in [-0.15, -0.1) is 0 Å². The van der Waals surface area contributed by atoms with E-state index in [1.54, 1.807) is 25.1 Å². The Hall–Kier alpha value is -1.03. The number of sulfonamides is 1. The van der Waals surface area contributed by atoms with Gasteiger partial charge in [0.2, 0.25) is 10.0 Å². The summed E-state index contributed by atoms with van der Waals surface area (Å²) in [4.78, 5) is 0. The van der Waals surface area contributed by atoms with E-state index < -0.39 is 10.0 Å². The molecule has 3 nitrogen and oxygen atoms in total. The van der Waals surface area contributed by atoms with Crippen LogP contribution in [0.2, 0.25) is 0 Å². The molecule has 0 spiro atoms. The molecule has 4 heteroatoms. The van der Waals surface area contributed by atoms with Crippen molar-refractivity contribution < 1.29 is 8.42 Å². The molecule has 1 aromatic carbocycles. The molecule has 1 radical (unpaired) electrons. The fraction of sp³-hybridized carbons (Fsp3) is 0.250. The number of aryl methyl sites for hydroxylation is 1. The van der Waals surface area contributed by atoms with Crippen LogP contribution in [0.3, 0.4) is 0 Å². The van der Waals surface area contributed by atoms with Crippen molar-refractivity contribution in [2.24, 2.45) is 0 Å². The van der Waals surface area contributed by atoms with E-state index in [9.17, 15) is 8.42 Å². The summed E-state index contributed by atoms with van der Waals surface area (Å²) < 4.78 is 24.0. The van der Waals surface area contributed by atoms with Crippen molar-refractivity contribution in [1.82, 2.24) is 0 Å². The lowest BCUT2D eigenvalue weighted by atomic mass is 10.2. The van der Waals surface area contributed by atoms with Crippen LogP contribution in [0.25, 0.3) is 0 Å². The molecule has 0 aromatic heterocycles. The number of anilines is 1. The first-order valence-electron chi connectivity index (χ1n) is 3.44. The molecule has 0 heterocycles. The van der Waals surface area contributed by atoms with Gasteiger partial charge in [0.25, 0.3) is 0 Å². The second-order valence-corrected chi connectivity index (χ2v) is 4.33. The zero-order valence-electron chi connectivity index (χ0n) is 6.96. The predicted molar refractivity (Wildman–Crippen MR) is 48.5 cm³/mol. The molecule has 0 atom stereocenters. The SMILES string of the molecule is Cc1[c]cccc1NS(C)(=O)=O. The van der Waals surface area contributed by atoms with Crippen LogP contribution < -0.4 is 4.72 Å². The van der Waals surface area contributed by atoms with E-state index in [1.807, 2.05) is 0 Å². The molecule has 12 heavy (non-hydrogen) atoms. The van der Waals surface area contributed by atoms with Crippen molar-refractivity contribution in [3.8, 4) is 0 Å². The van der Waals surface area contributed by atoms with Crippen molar-refractivity contribution in [1.29, 1.82) is 0 Å². The van der Waals surface area contributed by atoms with Crippen LogP contribution in [0.1, 0.15) is 5.56 Å². The largest absolute Gasteiger partial charge is 0.283 e. The molecule has 65 valence electrons. The topological polar surface area (TPSA) is 46.2 Å². The Balaban J connectivity index is 2.98. The van der Waals surface area contributed by atoms with Crippen LogP contribution in [-0.2, 0) is 10.0 Å². The lowest BCUT2D eigenvalue weighted by Gasteiger charge is -2.05. The Morgan fingerprint density at radius 3 is 2.67 bits per heavy atom. The third-order valence-electron chi connectivity index (χ3n) is 1.36. The molecule has 0 saturated carbocycles. The fourth-order valence-electron chi connectivity index (χ4n) is 0.831. The first-order chi connectivity index (χ1) is 5.49. The van der Waals surface area contributed by atoms with Crippen LogP contribution in [0, 0.1) is 13.0 Å². The Morgan fingerprint density at radius 1 is 1.50 bits per heavy atom. The summed E-state index contributed by atoms with van der Waals surface area (Å²) in [5, 5.41) is 0. The molecular formula is C8H10NO2S. The summed E-state index contributed by atoms with van der Waals surface area (Å²) in [6.07, 6.45) is 1.12. The highest BCUT2D eigenvalue weighted by molar-refractivity contribution is 7.92. The van der Waals surface area contributed by atoms with Gasteiger partial charge in [-0.3, -0.25) is 4.72 Å². The first kappa shape index (κ1) is 9.06. The molecule has 0 aliphatic carbocycles. The van der Waals surface area contributed by atoms with E-state index in [2.05, 4.69) is 10.8 Å². The third-order valence-corrected chi connectivity index (χ3v) is 1.95. The summed E-state index contributed by atoms with van der Waals surface area (Å²) in [6.45, 7) is 1.80. The summed E-state index contributed by atoms with van der Waals surface area (Å²) in [5.74, 6) is 0. The molecular weight excluding hydrogens is 174 g/mol. The lowest BCUT2D eigenvalue weighted by molar-refractivity contribution is 0.607. The average Bonchev–Trinajstić information content (AvgIpc) is 1.91. The average molecular weight is 184 g/mol. The smallest absolute Gasteiger partial charge is 0.229 e. The monoisotopic (exact) mass is 184 g/mol. The molecule has 1 rings (SSSR count). The van der Waals surface area contributed by atoms with Crippen molar-refractivity contribution in [2.75, 3.05) is 11.0 Å². The van der Waals surface area contributed by atoms with Gasteiger partial charge in [-0.25, -0.2) is 8.42 Å². The van der Waals surface area contributed by atoms with Crippen LogP contribution in [0.15, 0.2) is 18.2 Å². The summed E-state index contributed by atoms with van der Waals surface area (Å²) in [5.41, 5.74) is 1.38. The quantitative estimate of drug-likeness (QED) is 0.749. The highest BCUT2D eigenvalue weighted by Crippen LogP contribution is 2.13. The minimum atomic E-state index is -3.17. The van der Waals surface area contributed by atoms with Crippen LogP contribution >= 0.6 is 0 Å². The zero-order chi connectivity index (χ0) is 9.19. The number of nitrogens with one attached hydrogen (secondary N) is 1. The number of rotatable bonds is 2. The van der Waals surface area contributed by atoms with Crippen molar-refractivity contribution in [3.63, 3.8) is 0 Å². The van der Waals surface area contributed by atoms with Crippen LogP contribution in [-0.4, -0.2) is 14.7 Å². The maximum atomic E-state index is 10.8. The van der Waals surface area contributed by atoms with Gasteiger partial charge in [-0.2, -0.15) is 0 Å². The highest BCUT2D eigenvalue weighted by atomic mass is 32.2. The van der Waals surface area contributed by atoms with Crippen LogP contribution in [0.5, 0.6) is 0 Å². The molecule has 0 saturated heterocycles. The minimum Gasteiger partial charge on any atom is -0.283 e. The van der Waals surface area contributed by atoms with Gasteiger partial charge >= 0.3 is 0 Å². The van der Waals surface area contributed by atoms with Gasteiger partial charge < -0.3 is 0 Å². The normalized spacial score (nSPS) is 11.2. The van der Waals surface area contributed by atoms with Gasteiger partial charge in [0.15, 0.2) is 0 Å². The van der Waals surface area contributed by atoms with E-state index in [0.29, 0.717) is 5.69 Å².